The van der Waals surface area contributed by atoms with Crippen molar-refractivity contribution in [2.75, 3.05) is 44.8 Å². The first-order valence-corrected chi connectivity index (χ1v) is 11.2. The summed E-state index contributed by atoms with van der Waals surface area (Å²) in [4.78, 5) is 14.5. The molecule has 1 heterocycles. The van der Waals surface area contributed by atoms with E-state index in [2.05, 4.69) is 5.32 Å². The second-order valence-electron chi connectivity index (χ2n) is 7.23. The van der Waals surface area contributed by atoms with Crippen molar-refractivity contribution in [1.82, 2.24) is 9.62 Å². The minimum absolute atomic E-state index is 0.0878. The molecule has 0 aromatic heterocycles. The van der Waals surface area contributed by atoms with Crippen LogP contribution in [0.4, 0.5) is 10.1 Å². The number of methoxy groups -OCH3 is 1. The highest BCUT2D eigenvalue weighted by Gasteiger charge is 2.29. The van der Waals surface area contributed by atoms with Crippen LogP contribution in [-0.4, -0.2) is 64.6 Å². The summed E-state index contributed by atoms with van der Waals surface area (Å²) in [5, 5.41) is 2.78. The molecule has 7 nitrogen and oxygen atoms in total. The Kier molecular flexibility index (Phi) is 7.06. The van der Waals surface area contributed by atoms with Gasteiger partial charge in [-0.1, -0.05) is 6.07 Å². The minimum atomic E-state index is -3.73. The molecule has 1 aliphatic rings. The summed E-state index contributed by atoms with van der Waals surface area (Å²) in [6.07, 6.45) is 0. The molecule has 2 aromatic carbocycles. The van der Waals surface area contributed by atoms with Crippen LogP contribution in [0.2, 0.25) is 0 Å². The Morgan fingerprint density at radius 1 is 1.13 bits per heavy atom. The number of rotatable bonds is 7. The molecule has 162 valence electrons. The maximum absolute atomic E-state index is 13.1. The van der Waals surface area contributed by atoms with Gasteiger partial charge in [0.15, 0.2) is 0 Å². The number of carbonyl (C=O) groups excluding carboxylic acids is 1. The summed E-state index contributed by atoms with van der Waals surface area (Å²) in [5.41, 5.74) is 1.14. The molecule has 30 heavy (non-hydrogen) atoms. The molecule has 0 bridgehead atoms. The van der Waals surface area contributed by atoms with E-state index in [1.54, 1.807) is 31.4 Å². The largest absolute Gasteiger partial charge is 0.383 e. The van der Waals surface area contributed by atoms with E-state index < -0.39 is 10.0 Å². The number of piperazine rings is 1. The topological polar surface area (TPSA) is 78.9 Å². The standard InChI is InChI=1S/C21H26FN3O4S/c1-16(15-29-2)23-21(26)17-4-3-5-20(14-17)30(27,28)25-12-10-24(11-13-25)19-8-6-18(22)7-9-19/h3-9,14,16H,10-13,15H2,1-2H3,(H,23,26)/t16-/m0/s1. The van der Waals surface area contributed by atoms with Gasteiger partial charge in [0.25, 0.3) is 5.91 Å². The van der Waals surface area contributed by atoms with E-state index in [1.807, 2.05) is 11.8 Å². The number of nitrogens with zero attached hydrogens (tertiary/aromatic N) is 2. The Morgan fingerprint density at radius 3 is 2.43 bits per heavy atom. The van der Waals surface area contributed by atoms with Gasteiger partial charge in [-0.05, 0) is 49.4 Å². The van der Waals surface area contributed by atoms with Crippen molar-refractivity contribution in [2.45, 2.75) is 17.9 Å². The molecule has 2 aromatic rings. The van der Waals surface area contributed by atoms with Crippen molar-refractivity contribution < 1.29 is 22.3 Å². The van der Waals surface area contributed by atoms with E-state index >= 15 is 0 Å². The molecular weight excluding hydrogens is 409 g/mol. The monoisotopic (exact) mass is 435 g/mol. The number of hydrogen-bond acceptors (Lipinski definition) is 5. The van der Waals surface area contributed by atoms with Crippen LogP contribution < -0.4 is 10.2 Å². The van der Waals surface area contributed by atoms with Crippen LogP contribution in [0.25, 0.3) is 0 Å². The maximum Gasteiger partial charge on any atom is 0.251 e. The number of sulfonamides is 1. The number of ether oxygens (including phenoxy) is 1. The SMILES string of the molecule is COC[C@H](C)NC(=O)c1cccc(S(=O)(=O)N2CCN(c3ccc(F)cc3)CC2)c1. The minimum Gasteiger partial charge on any atom is -0.383 e. The number of amides is 1. The summed E-state index contributed by atoms with van der Waals surface area (Å²) in [6.45, 7) is 3.78. The third-order valence-corrected chi connectivity index (χ3v) is 6.85. The highest BCUT2D eigenvalue weighted by molar-refractivity contribution is 7.89. The van der Waals surface area contributed by atoms with Gasteiger partial charge in [0.05, 0.1) is 11.5 Å². The molecule has 1 fully saturated rings. The summed E-state index contributed by atoms with van der Waals surface area (Å²) < 4.78 is 45.7. The van der Waals surface area contributed by atoms with E-state index in [1.165, 1.54) is 28.6 Å². The molecule has 0 spiro atoms. The Labute approximate surface area is 176 Å². The van der Waals surface area contributed by atoms with Crippen LogP contribution >= 0.6 is 0 Å². The fourth-order valence-electron chi connectivity index (χ4n) is 3.38. The molecule has 0 unspecified atom stereocenters. The van der Waals surface area contributed by atoms with Gasteiger partial charge in [0.1, 0.15) is 5.82 Å². The van der Waals surface area contributed by atoms with Crippen molar-refractivity contribution in [3.63, 3.8) is 0 Å². The lowest BCUT2D eigenvalue weighted by Gasteiger charge is -2.35. The van der Waals surface area contributed by atoms with Crippen LogP contribution in [0.3, 0.4) is 0 Å². The predicted molar refractivity (Wildman–Crippen MR) is 113 cm³/mol. The van der Waals surface area contributed by atoms with Gasteiger partial charge in [-0.15, -0.1) is 0 Å². The van der Waals surface area contributed by atoms with Gasteiger partial charge in [0.2, 0.25) is 10.0 Å². The van der Waals surface area contributed by atoms with E-state index in [0.29, 0.717) is 32.8 Å². The van der Waals surface area contributed by atoms with E-state index in [-0.39, 0.29) is 28.2 Å². The fourth-order valence-corrected chi connectivity index (χ4v) is 4.85. The lowest BCUT2D eigenvalue weighted by Crippen LogP contribution is -2.48. The second-order valence-corrected chi connectivity index (χ2v) is 9.16. The molecule has 1 N–H and O–H groups in total. The number of hydrogen-bond donors (Lipinski definition) is 1. The van der Waals surface area contributed by atoms with Crippen molar-refractivity contribution in [1.29, 1.82) is 0 Å². The number of anilines is 1. The first-order valence-electron chi connectivity index (χ1n) is 9.72. The zero-order chi connectivity index (χ0) is 21.7. The summed E-state index contributed by atoms with van der Waals surface area (Å²) in [5.74, 6) is -0.654. The Hall–Kier alpha value is -2.49. The third kappa shape index (κ3) is 5.16. The molecule has 1 atom stereocenters. The van der Waals surface area contributed by atoms with Crippen LogP contribution in [0.1, 0.15) is 17.3 Å². The van der Waals surface area contributed by atoms with Crippen molar-refractivity contribution in [3.8, 4) is 0 Å². The average Bonchev–Trinajstić information content (AvgIpc) is 2.74. The number of nitrogens with one attached hydrogen (secondary N) is 1. The Bertz CT molecular complexity index is 974. The molecule has 0 saturated carbocycles. The second kappa shape index (κ2) is 9.55. The van der Waals surface area contributed by atoms with Crippen LogP contribution in [0.5, 0.6) is 0 Å². The van der Waals surface area contributed by atoms with Crippen LogP contribution in [0, 0.1) is 5.82 Å². The lowest BCUT2D eigenvalue weighted by atomic mass is 10.2. The zero-order valence-corrected chi connectivity index (χ0v) is 17.9. The lowest BCUT2D eigenvalue weighted by molar-refractivity contribution is 0.0905. The van der Waals surface area contributed by atoms with Gasteiger partial charge >= 0.3 is 0 Å². The van der Waals surface area contributed by atoms with E-state index in [9.17, 15) is 17.6 Å². The molecule has 1 aliphatic heterocycles. The number of benzene rings is 2. The van der Waals surface area contributed by atoms with Crippen LogP contribution in [0.15, 0.2) is 53.4 Å². The van der Waals surface area contributed by atoms with Crippen LogP contribution in [-0.2, 0) is 14.8 Å². The maximum atomic E-state index is 13.1. The van der Waals surface area contributed by atoms with E-state index in [4.69, 9.17) is 4.74 Å². The molecule has 0 aliphatic carbocycles. The van der Waals surface area contributed by atoms with Gasteiger partial charge in [-0.25, -0.2) is 12.8 Å². The summed E-state index contributed by atoms with van der Waals surface area (Å²) >= 11 is 0. The highest BCUT2D eigenvalue weighted by atomic mass is 32.2. The molecule has 1 amide bonds. The van der Waals surface area contributed by atoms with Crippen molar-refractivity contribution in [3.05, 3.63) is 59.9 Å². The van der Waals surface area contributed by atoms with Gasteiger partial charge in [-0.3, -0.25) is 4.79 Å². The van der Waals surface area contributed by atoms with E-state index in [0.717, 1.165) is 5.69 Å². The molecule has 0 radical (unpaired) electrons. The Morgan fingerprint density at radius 2 is 1.80 bits per heavy atom. The zero-order valence-electron chi connectivity index (χ0n) is 17.0. The normalized spacial score (nSPS) is 16.3. The fraction of sp³-hybridized carbons (Fsp3) is 0.381. The molecular formula is C21H26FN3O4S. The average molecular weight is 436 g/mol. The first-order chi connectivity index (χ1) is 14.3. The molecule has 1 saturated heterocycles. The van der Waals surface area contributed by atoms with Gasteiger partial charge in [0, 0.05) is 50.6 Å². The van der Waals surface area contributed by atoms with Crippen molar-refractivity contribution in [2.24, 2.45) is 0 Å². The number of halogens is 1. The van der Waals surface area contributed by atoms with Gasteiger partial charge in [-0.2, -0.15) is 4.31 Å². The van der Waals surface area contributed by atoms with Gasteiger partial charge < -0.3 is 15.0 Å². The highest BCUT2D eigenvalue weighted by Crippen LogP contribution is 2.22. The third-order valence-electron chi connectivity index (χ3n) is 4.96. The van der Waals surface area contributed by atoms with Crippen molar-refractivity contribution >= 4 is 21.6 Å². The molecule has 3 rings (SSSR count). The summed E-state index contributed by atoms with van der Waals surface area (Å²) in [7, 11) is -2.18. The molecule has 9 heteroatoms. The Balaban J connectivity index is 1.68. The number of carbonyl (C=O) groups is 1. The predicted octanol–water partition coefficient (Wildman–Crippen LogP) is 2.10. The quantitative estimate of drug-likeness (QED) is 0.721. The first kappa shape index (κ1) is 22.2. The smallest absolute Gasteiger partial charge is 0.251 e. The summed E-state index contributed by atoms with van der Waals surface area (Å²) in [6, 6.07) is 12.0.